The van der Waals surface area contributed by atoms with E-state index in [1.165, 1.54) is 4.88 Å². The molecule has 0 saturated carbocycles. The summed E-state index contributed by atoms with van der Waals surface area (Å²) in [6, 6.07) is 1.62. The molecule has 1 atom stereocenters. The summed E-state index contributed by atoms with van der Waals surface area (Å²) in [5.41, 5.74) is 0.306. The Morgan fingerprint density at radius 1 is 1.67 bits per heavy atom. The lowest BCUT2D eigenvalue weighted by Crippen LogP contribution is -2.12. The predicted molar refractivity (Wildman–Crippen MR) is 79.4 cm³/mol. The van der Waals surface area contributed by atoms with Gasteiger partial charge in [-0.1, -0.05) is 6.92 Å². The fourth-order valence-electron chi connectivity index (χ4n) is 1.74. The standard InChI is InChI=1S/C12H13IN2O2S/c1-3-9-5-14-11(18-9)7(2)15-6-8(13)4-10(15)12(16)17/h4-7H,3H2,1-2H3,(H,16,17). The average Bonchev–Trinajstić information content (AvgIpc) is 2.94. The van der Waals surface area contributed by atoms with Crippen molar-refractivity contribution in [3.63, 3.8) is 0 Å². The van der Waals surface area contributed by atoms with Crippen molar-refractivity contribution < 1.29 is 9.90 Å². The molecule has 4 nitrogen and oxygen atoms in total. The van der Waals surface area contributed by atoms with Gasteiger partial charge in [0.25, 0.3) is 0 Å². The summed E-state index contributed by atoms with van der Waals surface area (Å²) in [4.78, 5) is 16.8. The van der Waals surface area contributed by atoms with Gasteiger partial charge in [-0.2, -0.15) is 0 Å². The number of aromatic carboxylic acids is 1. The molecule has 0 aliphatic carbocycles. The van der Waals surface area contributed by atoms with Crippen LogP contribution >= 0.6 is 33.9 Å². The predicted octanol–water partition coefficient (Wildman–Crippen LogP) is 3.42. The highest BCUT2D eigenvalue weighted by Gasteiger charge is 2.19. The number of carboxylic acid groups (broad SMARTS) is 1. The highest BCUT2D eigenvalue weighted by molar-refractivity contribution is 14.1. The molecule has 2 aromatic rings. The van der Waals surface area contributed by atoms with Crippen LogP contribution in [0, 0.1) is 3.57 Å². The molecule has 2 heterocycles. The first-order chi connectivity index (χ1) is 8.52. The van der Waals surface area contributed by atoms with Gasteiger partial charge >= 0.3 is 5.97 Å². The van der Waals surface area contributed by atoms with E-state index < -0.39 is 5.97 Å². The quantitative estimate of drug-likeness (QED) is 0.832. The molecule has 18 heavy (non-hydrogen) atoms. The zero-order chi connectivity index (χ0) is 13.3. The number of rotatable bonds is 4. The van der Waals surface area contributed by atoms with E-state index in [0.29, 0.717) is 5.69 Å². The lowest BCUT2D eigenvalue weighted by molar-refractivity contribution is 0.0684. The van der Waals surface area contributed by atoms with E-state index in [1.807, 2.05) is 19.3 Å². The van der Waals surface area contributed by atoms with Gasteiger partial charge in [-0.25, -0.2) is 9.78 Å². The average molecular weight is 376 g/mol. The van der Waals surface area contributed by atoms with E-state index in [-0.39, 0.29) is 6.04 Å². The van der Waals surface area contributed by atoms with Crippen LogP contribution in [0.2, 0.25) is 0 Å². The van der Waals surface area contributed by atoms with Crippen molar-refractivity contribution in [3.05, 3.63) is 37.6 Å². The molecule has 2 aromatic heterocycles. The number of halogens is 1. The molecule has 6 heteroatoms. The van der Waals surface area contributed by atoms with Crippen LogP contribution in [0.3, 0.4) is 0 Å². The highest BCUT2D eigenvalue weighted by atomic mass is 127. The topological polar surface area (TPSA) is 55.1 Å². The number of aryl methyl sites for hydroxylation is 1. The van der Waals surface area contributed by atoms with E-state index >= 15 is 0 Å². The summed E-state index contributed by atoms with van der Waals surface area (Å²) in [5.74, 6) is -0.906. The lowest BCUT2D eigenvalue weighted by atomic mass is 10.3. The fraction of sp³-hybridized carbons (Fsp3) is 0.333. The smallest absolute Gasteiger partial charge is 0.352 e. The Hall–Kier alpha value is -0.890. The molecular weight excluding hydrogens is 363 g/mol. The van der Waals surface area contributed by atoms with Gasteiger partial charge in [0.15, 0.2) is 0 Å². The van der Waals surface area contributed by atoms with Crippen molar-refractivity contribution in [2.24, 2.45) is 0 Å². The third-order valence-electron chi connectivity index (χ3n) is 2.73. The maximum absolute atomic E-state index is 11.2. The molecule has 0 amide bonds. The zero-order valence-corrected chi connectivity index (χ0v) is 13.0. The van der Waals surface area contributed by atoms with Crippen molar-refractivity contribution in [2.75, 3.05) is 0 Å². The molecule has 0 spiro atoms. The van der Waals surface area contributed by atoms with Gasteiger partial charge in [-0.05, 0) is 42.0 Å². The SMILES string of the molecule is CCc1cnc(C(C)n2cc(I)cc2C(=O)O)s1. The molecule has 1 N–H and O–H groups in total. The Kier molecular flexibility index (Phi) is 4.06. The Labute approximate surface area is 123 Å². The van der Waals surface area contributed by atoms with Gasteiger partial charge in [-0.3, -0.25) is 0 Å². The molecule has 1 unspecified atom stereocenters. The van der Waals surface area contributed by atoms with Crippen LogP contribution in [0.1, 0.15) is 40.3 Å². The largest absolute Gasteiger partial charge is 0.477 e. The van der Waals surface area contributed by atoms with Gasteiger partial charge in [0.1, 0.15) is 10.7 Å². The number of hydrogen-bond acceptors (Lipinski definition) is 3. The monoisotopic (exact) mass is 376 g/mol. The molecule has 0 fully saturated rings. The van der Waals surface area contributed by atoms with Gasteiger partial charge in [-0.15, -0.1) is 11.3 Å². The molecule has 0 radical (unpaired) electrons. The highest BCUT2D eigenvalue weighted by Crippen LogP contribution is 2.26. The third-order valence-corrected chi connectivity index (χ3v) is 4.63. The summed E-state index contributed by atoms with van der Waals surface area (Å²) in [5, 5.41) is 10.1. The fourth-order valence-corrected chi connectivity index (χ4v) is 3.24. The minimum atomic E-state index is -0.906. The lowest BCUT2D eigenvalue weighted by Gasteiger charge is -2.12. The summed E-state index contributed by atoms with van der Waals surface area (Å²) in [6.45, 7) is 4.06. The molecule has 0 aromatic carbocycles. The number of hydrogen-bond donors (Lipinski definition) is 1. The Morgan fingerprint density at radius 3 is 2.94 bits per heavy atom. The van der Waals surface area contributed by atoms with Crippen LogP contribution < -0.4 is 0 Å². The molecular formula is C12H13IN2O2S. The Bertz CT molecular complexity index is 576. The first-order valence-electron chi connectivity index (χ1n) is 5.58. The number of carboxylic acids is 1. The van der Waals surface area contributed by atoms with E-state index in [1.54, 1.807) is 22.0 Å². The van der Waals surface area contributed by atoms with Gasteiger partial charge in [0, 0.05) is 20.8 Å². The van der Waals surface area contributed by atoms with Crippen molar-refractivity contribution in [1.29, 1.82) is 0 Å². The summed E-state index contributed by atoms with van der Waals surface area (Å²) < 4.78 is 2.69. The number of carbonyl (C=O) groups is 1. The van der Waals surface area contributed by atoms with E-state index in [4.69, 9.17) is 0 Å². The maximum Gasteiger partial charge on any atom is 0.352 e. The van der Waals surface area contributed by atoms with E-state index in [0.717, 1.165) is 15.0 Å². The van der Waals surface area contributed by atoms with E-state index in [9.17, 15) is 9.90 Å². The van der Waals surface area contributed by atoms with Crippen molar-refractivity contribution in [1.82, 2.24) is 9.55 Å². The van der Waals surface area contributed by atoms with Crippen LogP contribution in [0.5, 0.6) is 0 Å². The molecule has 2 rings (SSSR count). The van der Waals surface area contributed by atoms with Gasteiger partial charge in [0.2, 0.25) is 0 Å². The maximum atomic E-state index is 11.2. The summed E-state index contributed by atoms with van der Waals surface area (Å²) in [6.07, 6.45) is 4.67. The first-order valence-corrected chi connectivity index (χ1v) is 7.47. The van der Waals surface area contributed by atoms with Crippen LogP contribution in [0.25, 0.3) is 0 Å². The second-order valence-corrected chi connectivity index (χ2v) is 6.34. The Balaban J connectivity index is 2.38. The van der Waals surface area contributed by atoms with Crippen molar-refractivity contribution in [2.45, 2.75) is 26.3 Å². The third kappa shape index (κ3) is 2.59. The zero-order valence-electron chi connectivity index (χ0n) is 10.1. The molecule has 0 aliphatic rings. The van der Waals surface area contributed by atoms with Crippen LogP contribution in [-0.4, -0.2) is 20.6 Å². The van der Waals surface area contributed by atoms with Crippen LogP contribution in [0.15, 0.2) is 18.5 Å². The minimum absolute atomic E-state index is 0.0510. The Morgan fingerprint density at radius 2 is 2.39 bits per heavy atom. The molecule has 0 bridgehead atoms. The minimum Gasteiger partial charge on any atom is -0.477 e. The van der Waals surface area contributed by atoms with Crippen molar-refractivity contribution >= 4 is 39.9 Å². The molecule has 0 saturated heterocycles. The molecule has 96 valence electrons. The summed E-state index contributed by atoms with van der Waals surface area (Å²) >= 11 is 3.76. The number of thiazole rings is 1. The number of aromatic nitrogens is 2. The molecule has 0 aliphatic heterocycles. The van der Waals surface area contributed by atoms with Crippen LogP contribution in [-0.2, 0) is 6.42 Å². The second-order valence-electron chi connectivity index (χ2n) is 3.95. The number of nitrogens with zero attached hydrogens (tertiary/aromatic N) is 2. The first kappa shape index (κ1) is 13.5. The second kappa shape index (κ2) is 5.40. The van der Waals surface area contributed by atoms with Gasteiger partial charge in [0.05, 0.1) is 6.04 Å². The normalized spacial score (nSPS) is 12.6. The van der Waals surface area contributed by atoms with Crippen molar-refractivity contribution in [3.8, 4) is 0 Å². The summed E-state index contributed by atoms with van der Waals surface area (Å²) in [7, 11) is 0. The van der Waals surface area contributed by atoms with Crippen LogP contribution in [0.4, 0.5) is 0 Å². The van der Waals surface area contributed by atoms with Gasteiger partial charge < -0.3 is 9.67 Å². The van der Waals surface area contributed by atoms with E-state index in [2.05, 4.69) is 34.5 Å².